The van der Waals surface area contributed by atoms with Crippen molar-refractivity contribution in [2.75, 3.05) is 32.9 Å². The molecule has 0 bridgehead atoms. The average Bonchev–Trinajstić information content (AvgIpc) is 2.88. The summed E-state index contributed by atoms with van der Waals surface area (Å²) < 4.78 is 17.0. The van der Waals surface area contributed by atoms with Gasteiger partial charge in [-0.3, -0.25) is 0 Å². The highest BCUT2D eigenvalue weighted by molar-refractivity contribution is 5.39. The minimum absolute atomic E-state index is 0.00320. The van der Waals surface area contributed by atoms with E-state index >= 15 is 0 Å². The molecule has 1 atom stereocenters. The fraction of sp³-hybridized carbons (Fsp3) is 0.625. The first kappa shape index (κ1) is 15.1. The molecule has 20 heavy (non-hydrogen) atoms. The number of para-hydroxylation sites is 2. The van der Waals surface area contributed by atoms with Crippen molar-refractivity contribution < 1.29 is 14.2 Å². The Morgan fingerprint density at radius 3 is 2.65 bits per heavy atom. The molecule has 0 aromatic heterocycles. The largest absolute Gasteiger partial charge is 0.490 e. The summed E-state index contributed by atoms with van der Waals surface area (Å²) in [5.74, 6) is 1.61. The number of ether oxygens (including phenoxy) is 3. The smallest absolute Gasteiger partial charge is 0.161 e. The van der Waals surface area contributed by atoms with Crippen molar-refractivity contribution in [2.45, 2.75) is 32.3 Å². The topological polar surface area (TPSA) is 39.7 Å². The lowest BCUT2D eigenvalue weighted by molar-refractivity contribution is 0.0205. The molecule has 112 valence electrons. The van der Waals surface area contributed by atoms with Gasteiger partial charge in [0.2, 0.25) is 0 Å². The van der Waals surface area contributed by atoms with Crippen LogP contribution < -0.4 is 14.8 Å². The monoisotopic (exact) mass is 279 g/mol. The van der Waals surface area contributed by atoms with E-state index in [-0.39, 0.29) is 5.60 Å². The van der Waals surface area contributed by atoms with Gasteiger partial charge in [0.25, 0.3) is 0 Å². The normalized spacial score (nSPS) is 21.9. The molecule has 1 aliphatic heterocycles. The van der Waals surface area contributed by atoms with Crippen LogP contribution in [0.5, 0.6) is 11.5 Å². The maximum atomic E-state index is 5.76. The molecule has 1 heterocycles. The van der Waals surface area contributed by atoms with Crippen LogP contribution in [0.2, 0.25) is 0 Å². The van der Waals surface area contributed by atoms with Gasteiger partial charge in [-0.15, -0.1) is 0 Å². The maximum Gasteiger partial charge on any atom is 0.161 e. The van der Waals surface area contributed by atoms with Crippen LogP contribution in [-0.4, -0.2) is 38.5 Å². The molecule has 1 saturated heterocycles. The third kappa shape index (κ3) is 4.39. The van der Waals surface area contributed by atoms with Gasteiger partial charge < -0.3 is 19.5 Å². The SMILES string of the molecule is CCOc1ccccc1OCCNCC1(C)CCCO1. The first-order valence-electron chi connectivity index (χ1n) is 7.43. The fourth-order valence-electron chi connectivity index (χ4n) is 2.41. The Morgan fingerprint density at radius 2 is 2.00 bits per heavy atom. The lowest BCUT2D eigenvalue weighted by Crippen LogP contribution is -2.38. The van der Waals surface area contributed by atoms with Crippen molar-refractivity contribution in [3.05, 3.63) is 24.3 Å². The van der Waals surface area contributed by atoms with Gasteiger partial charge in [-0.1, -0.05) is 12.1 Å². The second-order valence-electron chi connectivity index (χ2n) is 5.31. The van der Waals surface area contributed by atoms with Crippen molar-refractivity contribution in [3.8, 4) is 11.5 Å². The Kier molecular flexibility index (Phi) is 5.68. The summed E-state index contributed by atoms with van der Waals surface area (Å²) in [6.07, 6.45) is 2.30. The van der Waals surface area contributed by atoms with E-state index in [0.717, 1.165) is 44.0 Å². The molecule has 1 aromatic rings. The Hall–Kier alpha value is -1.26. The average molecular weight is 279 g/mol. The van der Waals surface area contributed by atoms with Crippen molar-refractivity contribution in [3.63, 3.8) is 0 Å². The lowest BCUT2D eigenvalue weighted by atomic mass is 10.0. The third-order valence-electron chi connectivity index (χ3n) is 3.48. The number of benzene rings is 1. The predicted molar refractivity (Wildman–Crippen MR) is 79.6 cm³/mol. The van der Waals surface area contributed by atoms with Crippen molar-refractivity contribution >= 4 is 0 Å². The van der Waals surface area contributed by atoms with Crippen LogP contribution >= 0.6 is 0 Å². The van der Waals surface area contributed by atoms with E-state index in [4.69, 9.17) is 14.2 Å². The summed E-state index contributed by atoms with van der Waals surface area (Å²) in [6.45, 7) is 7.98. The van der Waals surface area contributed by atoms with E-state index in [1.807, 2.05) is 31.2 Å². The Labute approximate surface area is 121 Å². The molecule has 0 spiro atoms. The van der Waals surface area contributed by atoms with Crippen molar-refractivity contribution in [2.24, 2.45) is 0 Å². The molecule has 0 radical (unpaired) electrons. The van der Waals surface area contributed by atoms with E-state index in [1.165, 1.54) is 0 Å². The molecule has 4 heteroatoms. The van der Waals surface area contributed by atoms with Crippen LogP contribution in [-0.2, 0) is 4.74 Å². The summed E-state index contributed by atoms with van der Waals surface area (Å²) >= 11 is 0. The number of rotatable bonds is 8. The van der Waals surface area contributed by atoms with E-state index in [0.29, 0.717) is 13.2 Å². The van der Waals surface area contributed by atoms with E-state index in [9.17, 15) is 0 Å². The standard InChI is InChI=1S/C16H25NO3/c1-3-18-14-7-4-5-8-15(14)19-12-10-17-13-16(2)9-6-11-20-16/h4-5,7-8,17H,3,6,9-13H2,1-2H3. The van der Waals surface area contributed by atoms with Gasteiger partial charge in [0.1, 0.15) is 6.61 Å². The first-order chi connectivity index (χ1) is 9.73. The van der Waals surface area contributed by atoms with Crippen LogP contribution in [0.25, 0.3) is 0 Å². The van der Waals surface area contributed by atoms with Gasteiger partial charge in [0.05, 0.1) is 12.2 Å². The van der Waals surface area contributed by atoms with Gasteiger partial charge in [0, 0.05) is 19.7 Å². The molecule has 1 aliphatic rings. The Morgan fingerprint density at radius 1 is 1.25 bits per heavy atom. The Bertz CT molecular complexity index is 402. The van der Waals surface area contributed by atoms with Gasteiger partial charge >= 0.3 is 0 Å². The molecule has 1 fully saturated rings. The summed E-state index contributed by atoms with van der Waals surface area (Å²) in [7, 11) is 0. The van der Waals surface area contributed by atoms with Gasteiger partial charge in [-0.25, -0.2) is 0 Å². The molecule has 4 nitrogen and oxygen atoms in total. The zero-order chi connectivity index (χ0) is 14.3. The van der Waals surface area contributed by atoms with E-state index < -0.39 is 0 Å². The van der Waals surface area contributed by atoms with Crippen LogP contribution in [0.1, 0.15) is 26.7 Å². The zero-order valence-corrected chi connectivity index (χ0v) is 12.5. The second-order valence-corrected chi connectivity index (χ2v) is 5.31. The van der Waals surface area contributed by atoms with Crippen LogP contribution in [0.15, 0.2) is 24.3 Å². The predicted octanol–water partition coefficient (Wildman–Crippen LogP) is 2.62. The molecular formula is C16H25NO3. The lowest BCUT2D eigenvalue weighted by Gasteiger charge is -2.23. The summed E-state index contributed by atoms with van der Waals surface area (Å²) in [6, 6.07) is 7.78. The molecule has 1 aromatic carbocycles. The molecule has 0 amide bonds. The first-order valence-corrected chi connectivity index (χ1v) is 7.43. The molecule has 0 aliphatic carbocycles. The van der Waals surface area contributed by atoms with Crippen molar-refractivity contribution in [1.82, 2.24) is 5.32 Å². The van der Waals surface area contributed by atoms with Crippen molar-refractivity contribution in [1.29, 1.82) is 0 Å². The van der Waals surface area contributed by atoms with E-state index in [1.54, 1.807) is 0 Å². The zero-order valence-electron chi connectivity index (χ0n) is 12.5. The molecule has 1 N–H and O–H groups in total. The highest BCUT2D eigenvalue weighted by Crippen LogP contribution is 2.26. The van der Waals surface area contributed by atoms with Crippen LogP contribution in [0, 0.1) is 0 Å². The van der Waals surface area contributed by atoms with E-state index in [2.05, 4.69) is 12.2 Å². The summed E-state index contributed by atoms with van der Waals surface area (Å²) in [5.41, 5.74) is 0.00320. The highest BCUT2D eigenvalue weighted by atomic mass is 16.5. The van der Waals surface area contributed by atoms with Gasteiger partial charge in [0.15, 0.2) is 11.5 Å². The molecule has 2 rings (SSSR count). The number of nitrogens with one attached hydrogen (secondary N) is 1. The fourth-order valence-corrected chi connectivity index (χ4v) is 2.41. The van der Waals surface area contributed by atoms with Gasteiger partial charge in [-0.05, 0) is 38.8 Å². The molecule has 0 saturated carbocycles. The summed E-state index contributed by atoms with van der Waals surface area (Å²) in [5, 5.41) is 3.40. The molecule has 1 unspecified atom stereocenters. The van der Waals surface area contributed by atoms with Crippen LogP contribution in [0.3, 0.4) is 0 Å². The minimum atomic E-state index is 0.00320. The maximum absolute atomic E-state index is 5.76. The second kappa shape index (κ2) is 7.50. The Balaban J connectivity index is 1.68. The number of hydrogen-bond donors (Lipinski definition) is 1. The quantitative estimate of drug-likeness (QED) is 0.743. The highest BCUT2D eigenvalue weighted by Gasteiger charge is 2.28. The summed E-state index contributed by atoms with van der Waals surface area (Å²) in [4.78, 5) is 0. The van der Waals surface area contributed by atoms with Gasteiger partial charge in [-0.2, -0.15) is 0 Å². The number of hydrogen-bond acceptors (Lipinski definition) is 4. The third-order valence-corrected chi connectivity index (χ3v) is 3.48. The minimum Gasteiger partial charge on any atom is -0.490 e. The van der Waals surface area contributed by atoms with Crippen LogP contribution in [0.4, 0.5) is 0 Å². The molecular weight excluding hydrogens is 254 g/mol.